The van der Waals surface area contributed by atoms with Crippen LogP contribution < -0.4 is 10.2 Å². The van der Waals surface area contributed by atoms with Crippen LogP contribution in [0.25, 0.3) is 0 Å². The van der Waals surface area contributed by atoms with Gasteiger partial charge in [-0.05, 0) is 38.8 Å². The summed E-state index contributed by atoms with van der Waals surface area (Å²) in [6.45, 7) is 6.33. The van der Waals surface area contributed by atoms with E-state index in [1.807, 2.05) is 18.7 Å². The molecule has 148 valence electrons. The number of rotatable bonds is 4. The van der Waals surface area contributed by atoms with E-state index in [2.05, 4.69) is 10.3 Å². The van der Waals surface area contributed by atoms with Gasteiger partial charge in [0.15, 0.2) is 5.82 Å². The summed E-state index contributed by atoms with van der Waals surface area (Å²) >= 11 is 0. The van der Waals surface area contributed by atoms with Crippen LogP contribution in [0, 0.1) is 0 Å². The molecule has 1 aliphatic rings. The fraction of sp³-hybridized carbons (Fsp3) is 0.647. The monoisotopic (exact) mass is 377 g/mol. The minimum Gasteiger partial charge on any atom is -0.481 e. The molecule has 2 heterocycles. The summed E-state index contributed by atoms with van der Waals surface area (Å²) < 4.78 is 44.3. The first kappa shape index (κ1) is 22.0. The molecule has 1 aromatic rings. The number of aromatic nitrogens is 1. The number of anilines is 2. The van der Waals surface area contributed by atoms with Crippen molar-refractivity contribution < 1.29 is 27.8 Å². The van der Waals surface area contributed by atoms with Gasteiger partial charge in [-0.2, -0.15) is 13.2 Å². The Morgan fingerprint density at radius 1 is 1.35 bits per heavy atom. The van der Waals surface area contributed by atoms with Crippen LogP contribution in [0.1, 0.15) is 39.3 Å². The van der Waals surface area contributed by atoms with Gasteiger partial charge in [0.2, 0.25) is 0 Å². The van der Waals surface area contributed by atoms with Crippen molar-refractivity contribution in [1.82, 2.24) is 4.98 Å². The van der Waals surface area contributed by atoms with Gasteiger partial charge < -0.3 is 20.1 Å². The van der Waals surface area contributed by atoms with E-state index in [1.165, 1.54) is 6.07 Å². The van der Waals surface area contributed by atoms with Crippen molar-refractivity contribution >= 4 is 17.5 Å². The van der Waals surface area contributed by atoms with Crippen molar-refractivity contribution in [3.8, 4) is 0 Å². The summed E-state index contributed by atoms with van der Waals surface area (Å²) in [5.41, 5.74) is -0.252. The number of hydrogen-bond acceptors (Lipinski definition) is 5. The van der Waals surface area contributed by atoms with Crippen molar-refractivity contribution in [1.29, 1.82) is 0 Å². The summed E-state index contributed by atoms with van der Waals surface area (Å²) in [4.78, 5) is 14.7. The third kappa shape index (κ3) is 7.07. The molecule has 0 amide bonds. The first-order valence-corrected chi connectivity index (χ1v) is 8.40. The van der Waals surface area contributed by atoms with Crippen LogP contribution >= 0.6 is 0 Å². The number of nitrogens with zero attached hydrogens (tertiary/aromatic N) is 2. The van der Waals surface area contributed by atoms with E-state index < -0.39 is 17.8 Å². The van der Waals surface area contributed by atoms with E-state index in [0.29, 0.717) is 24.6 Å². The zero-order valence-electron chi connectivity index (χ0n) is 15.4. The maximum Gasteiger partial charge on any atom is 0.433 e. The van der Waals surface area contributed by atoms with Gasteiger partial charge in [0, 0.05) is 27.1 Å². The van der Waals surface area contributed by atoms with E-state index in [1.54, 1.807) is 7.05 Å². The highest BCUT2D eigenvalue weighted by Gasteiger charge is 2.34. The number of ether oxygens (including phenoxy) is 1. The first-order valence-electron chi connectivity index (χ1n) is 8.40. The van der Waals surface area contributed by atoms with Gasteiger partial charge >= 0.3 is 6.18 Å². The number of nitrogens with one attached hydrogen (secondary N) is 1. The van der Waals surface area contributed by atoms with Crippen LogP contribution in [0.2, 0.25) is 0 Å². The molecule has 0 aromatic carbocycles. The van der Waals surface area contributed by atoms with Crippen LogP contribution in [0.3, 0.4) is 0 Å². The standard InChI is InChI=1S/C15H22F3N3O.C2H4O2/c1-10(2)22-11-6-8-21(9-7-11)14-12(19-3)4-5-13(20-14)15(16,17)18;1-2(3)4/h4-5,10-11,19H,6-9H2,1-3H3;1H3,(H,3,4). The van der Waals surface area contributed by atoms with Crippen LogP contribution in [0.15, 0.2) is 12.1 Å². The second kappa shape index (κ2) is 9.61. The van der Waals surface area contributed by atoms with Gasteiger partial charge in [-0.15, -0.1) is 0 Å². The quantitative estimate of drug-likeness (QED) is 0.835. The molecule has 0 spiro atoms. The third-order valence-electron chi connectivity index (χ3n) is 3.64. The molecule has 1 aliphatic heterocycles. The number of carbonyl (C=O) groups is 1. The van der Waals surface area contributed by atoms with Gasteiger partial charge in [0.05, 0.1) is 17.9 Å². The van der Waals surface area contributed by atoms with E-state index in [9.17, 15) is 13.2 Å². The molecular weight excluding hydrogens is 351 g/mol. The van der Waals surface area contributed by atoms with Crippen molar-refractivity contribution in [2.24, 2.45) is 0 Å². The Hall–Kier alpha value is -2.03. The lowest BCUT2D eigenvalue weighted by Gasteiger charge is -2.34. The number of aliphatic carboxylic acids is 1. The van der Waals surface area contributed by atoms with Gasteiger partial charge in [-0.3, -0.25) is 4.79 Å². The predicted molar refractivity (Wildman–Crippen MR) is 93.6 cm³/mol. The molecule has 0 aliphatic carbocycles. The molecule has 2 N–H and O–H groups in total. The fourth-order valence-electron chi connectivity index (χ4n) is 2.63. The van der Waals surface area contributed by atoms with E-state index in [0.717, 1.165) is 25.8 Å². The Morgan fingerprint density at radius 3 is 2.31 bits per heavy atom. The van der Waals surface area contributed by atoms with Gasteiger partial charge in [-0.25, -0.2) is 4.98 Å². The summed E-state index contributed by atoms with van der Waals surface area (Å²) in [5, 5.41) is 10.3. The number of hydrogen-bond donors (Lipinski definition) is 2. The zero-order valence-corrected chi connectivity index (χ0v) is 15.4. The summed E-state index contributed by atoms with van der Waals surface area (Å²) in [6.07, 6.45) is -2.52. The molecule has 1 aromatic heterocycles. The van der Waals surface area contributed by atoms with Crippen LogP contribution in [-0.2, 0) is 15.7 Å². The zero-order chi connectivity index (χ0) is 19.9. The van der Waals surface area contributed by atoms with Crippen LogP contribution in [0.5, 0.6) is 0 Å². The molecule has 0 radical (unpaired) electrons. The number of piperidine rings is 1. The molecule has 0 unspecified atom stereocenters. The minimum absolute atomic E-state index is 0.163. The van der Waals surface area contributed by atoms with Gasteiger partial charge in [-0.1, -0.05) is 0 Å². The van der Waals surface area contributed by atoms with Crippen LogP contribution in [0.4, 0.5) is 24.7 Å². The molecule has 1 saturated heterocycles. The van der Waals surface area contributed by atoms with Crippen molar-refractivity contribution in [3.63, 3.8) is 0 Å². The smallest absolute Gasteiger partial charge is 0.433 e. The van der Waals surface area contributed by atoms with E-state index in [-0.39, 0.29) is 12.2 Å². The maximum atomic E-state index is 12.9. The first-order chi connectivity index (χ1) is 12.0. The van der Waals surface area contributed by atoms with Gasteiger partial charge in [0.1, 0.15) is 5.69 Å². The highest BCUT2D eigenvalue weighted by Crippen LogP contribution is 2.33. The molecule has 9 heteroatoms. The third-order valence-corrected chi connectivity index (χ3v) is 3.64. The Morgan fingerprint density at radius 2 is 1.88 bits per heavy atom. The Labute approximate surface area is 151 Å². The largest absolute Gasteiger partial charge is 0.481 e. The van der Waals surface area contributed by atoms with Crippen molar-refractivity contribution in [2.75, 3.05) is 30.4 Å². The predicted octanol–water partition coefficient (Wildman–Crippen LogP) is 3.63. The van der Waals surface area contributed by atoms with E-state index >= 15 is 0 Å². The molecule has 2 rings (SSSR count). The van der Waals surface area contributed by atoms with Crippen molar-refractivity contribution in [2.45, 2.75) is 52.0 Å². The highest BCUT2D eigenvalue weighted by molar-refractivity contribution is 5.66. The number of pyridine rings is 1. The minimum atomic E-state index is -4.43. The Bertz CT molecular complexity index is 582. The van der Waals surface area contributed by atoms with Crippen molar-refractivity contribution in [3.05, 3.63) is 17.8 Å². The average molecular weight is 377 g/mol. The summed E-state index contributed by atoms with van der Waals surface area (Å²) in [6, 6.07) is 2.44. The number of alkyl halides is 3. The SMILES string of the molecule is CC(=O)O.CNc1ccc(C(F)(F)F)nc1N1CCC(OC(C)C)CC1. The molecule has 0 bridgehead atoms. The number of carboxylic acid groups (broad SMARTS) is 1. The molecular formula is C17H26F3N3O3. The Balaban J connectivity index is 0.000000765. The lowest BCUT2D eigenvalue weighted by Crippen LogP contribution is -2.38. The lowest BCUT2D eigenvalue weighted by molar-refractivity contribution is -0.141. The van der Waals surface area contributed by atoms with Gasteiger partial charge in [0.25, 0.3) is 5.97 Å². The number of halogens is 3. The second-order valence-corrected chi connectivity index (χ2v) is 6.21. The maximum absolute atomic E-state index is 12.9. The Kier molecular flexibility index (Phi) is 8.13. The molecule has 0 atom stereocenters. The normalized spacial score (nSPS) is 15.5. The highest BCUT2D eigenvalue weighted by atomic mass is 19.4. The topological polar surface area (TPSA) is 74.7 Å². The lowest BCUT2D eigenvalue weighted by atomic mass is 10.1. The fourth-order valence-corrected chi connectivity index (χ4v) is 2.63. The molecule has 0 saturated carbocycles. The van der Waals surface area contributed by atoms with E-state index in [4.69, 9.17) is 14.6 Å². The number of carboxylic acids is 1. The second-order valence-electron chi connectivity index (χ2n) is 6.21. The summed E-state index contributed by atoms with van der Waals surface area (Å²) in [5.74, 6) is -0.472. The summed E-state index contributed by atoms with van der Waals surface area (Å²) in [7, 11) is 1.68. The molecule has 1 fully saturated rings. The molecule has 26 heavy (non-hydrogen) atoms. The average Bonchev–Trinajstić information content (AvgIpc) is 2.53. The molecule has 6 nitrogen and oxygen atoms in total. The van der Waals surface area contributed by atoms with Crippen LogP contribution in [-0.4, -0.2) is 48.4 Å².